The van der Waals surface area contributed by atoms with E-state index in [1.165, 1.54) is 6.33 Å². The summed E-state index contributed by atoms with van der Waals surface area (Å²) in [6.07, 6.45) is 4.49. The number of piperidine rings is 1. The molecule has 1 aromatic heterocycles. The second kappa shape index (κ2) is 7.11. The van der Waals surface area contributed by atoms with Gasteiger partial charge in [-0.25, -0.2) is 4.98 Å². The van der Waals surface area contributed by atoms with Crippen molar-refractivity contribution in [3.8, 4) is 11.4 Å². The molecule has 142 valence electrons. The molecule has 1 spiro atoms. The van der Waals surface area contributed by atoms with Gasteiger partial charge in [0.25, 0.3) is 5.91 Å². The largest absolute Gasteiger partial charge is 0.395 e. The summed E-state index contributed by atoms with van der Waals surface area (Å²) in [6, 6.07) is 7.20. The van der Waals surface area contributed by atoms with E-state index in [1.807, 2.05) is 12.1 Å². The van der Waals surface area contributed by atoms with Gasteiger partial charge in [0.15, 0.2) is 5.82 Å². The fourth-order valence-electron chi connectivity index (χ4n) is 4.33. The van der Waals surface area contributed by atoms with E-state index in [2.05, 4.69) is 15.2 Å². The van der Waals surface area contributed by atoms with Gasteiger partial charge in [-0.3, -0.25) is 14.7 Å². The van der Waals surface area contributed by atoms with Gasteiger partial charge in [-0.2, -0.15) is 5.10 Å². The highest BCUT2D eigenvalue weighted by atomic mass is 16.3. The standard InChI is InChI=1S/C19H23N5O3/c25-12-11-23-9-1-7-19(18(23)27)8-2-10-24(19)17(26)15-5-3-14(4-6-15)16-20-13-21-22-16/h3-6,13,25H,1-2,7-12H2,(H,20,21,22). The lowest BCUT2D eigenvalue weighted by molar-refractivity contribution is -0.146. The number of likely N-dealkylation sites (tertiary alicyclic amines) is 2. The first-order valence-corrected chi connectivity index (χ1v) is 9.34. The third kappa shape index (κ3) is 2.99. The van der Waals surface area contributed by atoms with E-state index in [0.29, 0.717) is 43.9 Å². The third-order valence-corrected chi connectivity index (χ3v) is 5.63. The molecular weight excluding hydrogens is 346 g/mol. The smallest absolute Gasteiger partial charge is 0.254 e. The fourth-order valence-corrected chi connectivity index (χ4v) is 4.33. The Morgan fingerprint density at radius 2 is 1.93 bits per heavy atom. The predicted octanol–water partition coefficient (Wildman–Crippen LogP) is 1.06. The molecular formula is C19H23N5O3. The number of carbonyl (C=O) groups excluding carboxylic acids is 2. The van der Waals surface area contributed by atoms with Crippen LogP contribution in [0.5, 0.6) is 0 Å². The first kappa shape index (κ1) is 17.7. The van der Waals surface area contributed by atoms with Crippen LogP contribution in [0.15, 0.2) is 30.6 Å². The Kier molecular flexibility index (Phi) is 4.65. The van der Waals surface area contributed by atoms with Crippen LogP contribution in [0.4, 0.5) is 0 Å². The number of nitrogens with zero attached hydrogens (tertiary/aromatic N) is 4. The molecule has 27 heavy (non-hydrogen) atoms. The molecule has 2 saturated heterocycles. The fraction of sp³-hybridized carbons (Fsp3) is 0.474. The molecule has 3 heterocycles. The zero-order valence-electron chi connectivity index (χ0n) is 15.1. The molecule has 8 nitrogen and oxygen atoms in total. The normalized spacial score (nSPS) is 22.6. The Balaban J connectivity index is 1.58. The Labute approximate surface area is 157 Å². The number of aromatic amines is 1. The summed E-state index contributed by atoms with van der Waals surface area (Å²) in [5.74, 6) is 0.511. The van der Waals surface area contributed by atoms with Crippen LogP contribution in [-0.4, -0.2) is 73.7 Å². The lowest BCUT2D eigenvalue weighted by atomic mass is 9.85. The van der Waals surface area contributed by atoms with Crippen LogP contribution >= 0.6 is 0 Å². The molecule has 1 aromatic carbocycles. The van der Waals surface area contributed by atoms with Crippen LogP contribution in [0.1, 0.15) is 36.0 Å². The Bertz CT molecular complexity index is 818. The number of aliphatic hydroxyl groups is 1. The maximum atomic E-state index is 13.2. The van der Waals surface area contributed by atoms with Gasteiger partial charge in [0.2, 0.25) is 5.91 Å². The van der Waals surface area contributed by atoms with Crippen molar-refractivity contribution in [3.63, 3.8) is 0 Å². The van der Waals surface area contributed by atoms with Gasteiger partial charge in [0, 0.05) is 30.8 Å². The third-order valence-electron chi connectivity index (χ3n) is 5.63. The van der Waals surface area contributed by atoms with Gasteiger partial charge in [-0.15, -0.1) is 0 Å². The average molecular weight is 369 g/mol. The lowest BCUT2D eigenvalue weighted by Crippen LogP contribution is -2.61. The Morgan fingerprint density at radius 1 is 1.19 bits per heavy atom. The summed E-state index contributed by atoms with van der Waals surface area (Å²) in [4.78, 5) is 33.9. The molecule has 2 N–H and O–H groups in total. The number of benzene rings is 1. The number of hydrogen-bond donors (Lipinski definition) is 2. The monoisotopic (exact) mass is 369 g/mol. The first-order chi connectivity index (χ1) is 13.2. The highest BCUT2D eigenvalue weighted by molar-refractivity contribution is 6.00. The number of β-amino-alcohol motifs (C(OH)–C–C–N with tert-alkyl or cyclic N) is 1. The zero-order valence-corrected chi connectivity index (χ0v) is 15.1. The van der Waals surface area contributed by atoms with E-state index in [0.717, 1.165) is 18.4 Å². The van der Waals surface area contributed by atoms with E-state index < -0.39 is 5.54 Å². The second-order valence-corrected chi connectivity index (χ2v) is 7.12. The molecule has 2 aliphatic rings. The summed E-state index contributed by atoms with van der Waals surface area (Å²) in [7, 11) is 0. The average Bonchev–Trinajstić information content (AvgIpc) is 3.36. The number of aliphatic hydroxyl groups excluding tert-OH is 1. The zero-order chi connectivity index (χ0) is 18.9. The van der Waals surface area contributed by atoms with Crippen LogP contribution < -0.4 is 0 Å². The van der Waals surface area contributed by atoms with Crippen LogP contribution in [0.2, 0.25) is 0 Å². The molecule has 2 amide bonds. The van der Waals surface area contributed by atoms with Crippen molar-refractivity contribution in [2.24, 2.45) is 0 Å². The van der Waals surface area contributed by atoms with Crippen molar-refractivity contribution in [2.75, 3.05) is 26.2 Å². The Hall–Kier alpha value is -2.74. The number of amides is 2. The van der Waals surface area contributed by atoms with E-state index >= 15 is 0 Å². The number of nitrogens with one attached hydrogen (secondary N) is 1. The van der Waals surface area contributed by atoms with Gasteiger partial charge >= 0.3 is 0 Å². The summed E-state index contributed by atoms with van der Waals surface area (Å²) >= 11 is 0. The number of hydrogen-bond acceptors (Lipinski definition) is 5. The summed E-state index contributed by atoms with van der Waals surface area (Å²) in [6.45, 7) is 1.50. The SMILES string of the molecule is O=C(c1ccc(-c2ncn[nH]2)cc1)N1CCCC12CCCN(CCO)C2=O. The molecule has 0 radical (unpaired) electrons. The topological polar surface area (TPSA) is 102 Å². The molecule has 2 aliphatic heterocycles. The van der Waals surface area contributed by atoms with E-state index in [1.54, 1.807) is 21.9 Å². The molecule has 1 unspecified atom stereocenters. The van der Waals surface area contributed by atoms with Crippen molar-refractivity contribution in [1.29, 1.82) is 0 Å². The number of aromatic nitrogens is 3. The van der Waals surface area contributed by atoms with Gasteiger partial charge in [0.1, 0.15) is 11.9 Å². The van der Waals surface area contributed by atoms with Crippen molar-refractivity contribution in [3.05, 3.63) is 36.2 Å². The molecule has 1 atom stereocenters. The van der Waals surface area contributed by atoms with Crippen LogP contribution in [0.25, 0.3) is 11.4 Å². The van der Waals surface area contributed by atoms with Crippen molar-refractivity contribution in [1.82, 2.24) is 25.0 Å². The quantitative estimate of drug-likeness (QED) is 0.839. The minimum absolute atomic E-state index is 0.0214. The molecule has 2 aromatic rings. The highest BCUT2D eigenvalue weighted by Gasteiger charge is 2.52. The van der Waals surface area contributed by atoms with Gasteiger partial charge in [0.05, 0.1) is 6.61 Å². The highest BCUT2D eigenvalue weighted by Crippen LogP contribution is 2.39. The maximum Gasteiger partial charge on any atom is 0.254 e. The van der Waals surface area contributed by atoms with Gasteiger partial charge in [-0.1, -0.05) is 12.1 Å². The predicted molar refractivity (Wildman–Crippen MR) is 97.7 cm³/mol. The maximum absolute atomic E-state index is 13.2. The number of H-pyrrole nitrogens is 1. The molecule has 0 bridgehead atoms. The van der Waals surface area contributed by atoms with Crippen molar-refractivity contribution in [2.45, 2.75) is 31.2 Å². The van der Waals surface area contributed by atoms with E-state index in [9.17, 15) is 14.7 Å². The molecule has 4 rings (SSSR count). The van der Waals surface area contributed by atoms with Gasteiger partial charge < -0.3 is 14.9 Å². The number of rotatable bonds is 4. The summed E-state index contributed by atoms with van der Waals surface area (Å²) in [5.41, 5.74) is 0.656. The van der Waals surface area contributed by atoms with Crippen LogP contribution in [0, 0.1) is 0 Å². The molecule has 0 aliphatic carbocycles. The Morgan fingerprint density at radius 3 is 2.59 bits per heavy atom. The molecule has 8 heteroatoms. The van der Waals surface area contributed by atoms with Gasteiger partial charge in [-0.05, 0) is 37.8 Å². The van der Waals surface area contributed by atoms with Crippen LogP contribution in [0.3, 0.4) is 0 Å². The first-order valence-electron chi connectivity index (χ1n) is 9.34. The van der Waals surface area contributed by atoms with Crippen LogP contribution in [-0.2, 0) is 4.79 Å². The van der Waals surface area contributed by atoms with Crippen molar-refractivity contribution < 1.29 is 14.7 Å². The second-order valence-electron chi connectivity index (χ2n) is 7.12. The summed E-state index contributed by atoms with van der Waals surface area (Å²) in [5, 5.41) is 15.9. The lowest BCUT2D eigenvalue weighted by Gasteiger charge is -2.44. The molecule has 0 saturated carbocycles. The minimum atomic E-state index is -0.756. The molecule has 2 fully saturated rings. The number of carbonyl (C=O) groups is 2. The minimum Gasteiger partial charge on any atom is -0.395 e. The van der Waals surface area contributed by atoms with Crippen molar-refractivity contribution >= 4 is 11.8 Å². The van der Waals surface area contributed by atoms with E-state index in [-0.39, 0.29) is 18.4 Å². The summed E-state index contributed by atoms with van der Waals surface area (Å²) < 4.78 is 0. The van der Waals surface area contributed by atoms with E-state index in [4.69, 9.17) is 0 Å².